The number of rotatable bonds is 6. The lowest BCUT2D eigenvalue weighted by atomic mass is 9.86. The molecule has 0 spiro atoms. The standard InChI is InChI=1S/C21H24N4O3S2/c1-14(15-10-12-17(13-11-15)21(2,3)4)25-30(27,28)20-24-23-19(29-20)22-18(26)16-8-6-5-7-9-16/h5-14,25H,1-4H3,(H,22,23,26)/t14-/m0/s1. The van der Waals surface area contributed by atoms with Crippen LogP contribution in [0.2, 0.25) is 0 Å². The maximum absolute atomic E-state index is 12.7. The Hall–Kier alpha value is -2.62. The molecule has 0 unspecified atom stereocenters. The number of carbonyl (C=O) groups is 1. The zero-order chi connectivity index (χ0) is 21.9. The highest BCUT2D eigenvalue weighted by molar-refractivity contribution is 7.91. The van der Waals surface area contributed by atoms with Crippen LogP contribution in [-0.2, 0) is 15.4 Å². The van der Waals surface area contributed by atoms with Crippen molar-refractivity contribution in [3.63, 3.8) is 0 Å². The summed E-state index contributed by atoms with van der Waals surface area (Å²) in [5, 5.41) is 10.2. The normalized spacial score (nSPS) is 13.1. The molecule has 1 atom stereocenters. The van der Waals surface area contributed by atoms with Gasteiger partial charge in [-0.05, 0) is 35.6 Å². The first-order valence-electron chi connectivity index (χ1n) is 9.39. The van der Waals surface area contributed by atoms with Gasteiger partial charge in [-0.25, -0.2) is 13.1 Å². The zero-order valence-electron chi connectivity index (χ0n) is 17.2. The molecule has 1 aromatic heterocycles. The fourth-order valence-corrected chi connectivity index (χ4v) is 4.89. The molecule has 0 radical (unpaired) electrons. The molecule has 2 aromatic carbocycles. The molecule has 3 aromatic rings. The van der Waals surface area contributed by atoms with E-state index < -0.39 is 16.1 Å². The lowest BCUT2D eigenvalue weighted by molar-refractivity contribution is 0.102. The first-order chi connectivity index (χ1) is 14.1. The van der Waals surface area contributed by atoms with Crippen LogP contribution in [0.4, 0.5) is 5.13 Å². The maximum atomic E-state index is 12.7. The minimum atomic E-state index is -3.88. The third-order valence-electron chi connectivity index (χ3n) is 4.50. The van der Waals surface area contributed by atoms with Gasteiger partial charge in [0.15, 0.2) is 0 Å². The average Bonchev–Trinajstić information content (AvgIpc) is 3.17. The Balaban J connectivity index is 1.69. The van der Waals surface area contributed by atoms with E-state index in [9.17, 15) is 13.2 Å². The summed E-state index contributed by atoms with van der Waals surface area (Å²) >= 11 is 0.801. The summed E-state index contributed by atoms with van der Waals surface area (Å²) in [6.45, 7) is 8.13. The number of benzene rings is 2. The van der Waals surface area contributed by atoms with Crippen LogP contribution < -0.4 is 10.0 Å². The molecule has 0 saturated carbocycles. The van der Waals surface area contributed by atoms with Gasteiger partial charge in [-0.15, -0.1) is 10.2 Å². The third kappa shape index (κ3) is 5.29. The Labute approximate surface area is 180 Å². The van der Waals surface area contributed by atoms with Crippen LogP contribution in [0.15, 0.2) is 58.9 Å². The molecule has 9 heteroatoms. The van der Waals surface area contributed by atoms with Crippen molar-refractivity contribution >= 4 is 32.4 Å². The van der Waals surface area contributed by atoms with Gasteiger partial charge in [0.05, 0.1) is 0 Å². The highest BCUT2D eigenvalue weighted by atomic mass is 32.2. The van der Waals surface area contributed by atoms with Crippen LogP contribution in [0.5, 0.6) is 0 Å². The van der Waals surface area contributed by atoms with Crippen molar-refractivity contribution in [3.05, 3.63) is 71.3 Å². The molecule has 3 rings (SSSR count). The number of amides is 1. The molecular weight excluding hydrogens is 420 g/mol. The molecule has 1 heterocycles. The number of sulfonamides is 1. The number of hydrogen-bond donors (Lipinski definition) is 2. The number of carbonyl (C=O) groups excluding carboxylic acids is 1. The van der Waals surface area contributed by atoms with Crippen molar-refractivity contribution in [1.29, 1.82) is 0 Å². The molecule has 0 fully saturated rings. The van der Waals surface area contributed by atoms with E-state index in [4.69, 9.17) is 0 Å². The molecule has 2 N–H and O–H groups in total. The van der Waals surface area contributed by atoms with Gasteiger partial charge in [-0.3, -0.25) is 10.1 Å². The maximum Gasteiger partial charge on any atom is 0.270 e. The van der Waals surface area contributed by atoms with Gasteiger partial charge >= 0.3 is 0 Å². The molecule has 7 nitrogen and oxygen atoms in total. The number of hydrogen-bond acceptors (Lipinski definition) is 6. The quantitative estimate of drug-likeness (QED) is 0.557. The molecule has 1 amide bonds. The summed E-state index contributed by atoms with van der Waals surface area (Å²) in [5.41, 5.74) is 2.48. The molecular formula is C21H24N4O3S2. The Morgan fingerprint density at radius 3 is 2.23 bits per heavy atom. The van der Waals surface area contributed by atoms with E-state index in [1.54, 1.807) is 37.3 Å². The van der Waals surface area contributed by atoms with Crippen molar-refractivity contribution in [2.75, 3.05) is 5.32 Å². The fourth-order valence-electron chi connectivity index (χ4n) is 2.75. The van der Waals surface area contributed by atoms with Crippen LogP contribution in [0.1, 0.15) is 55.2 Å². The third-order valence-corrected chi connectivity index (χ3v) is 7.25. The second-order valence-corrected chi connectivity index (χ2v) is 10.8. The summed E-state index contributed by atoms with van der Waals surface area (Å²) in [4.78, 5) is 12.2. The lowest BCUT2D eigenvalue weighted by Crippen LogP contribution is -2.27. The Bertz CT molecular complexity index is 1120. The second-order valence-electron chi connectivity index (χ2n) is 7.91. The van der Waals surface area contributed by atoms with Crippen LogP contribution in [0.25, 0.3) is 0 Å². The first kappa shape index (κ1) is 22.1. The topological polar surface area (TPSA) is 101 Å². The number of anilines is 1. The molecule has 0 aliphatic carbocycles. The lowest BCUT2D eigenvalue weighted by Gasteiger charge is -2.20. The van der Waals surface area contributed by atoms with E-state index >= 15 is 0 Å². The number of nitrogens with one attached hydrogen (secondary N) is 2. The Morgan fingerprint density at radius 1 is 1.00 bits per heavy atom. The predicted octanol–water partition coefficient (Wildman–Crippen LogP) is 4.13. The minimum Gasteiger partial charge on any atom is -0.296 e. The van der Waals surface area contributed by atoms with Gasteiger partial charge in [-0.2, -0.15) is 0 Å². The van der Waals surface area contributed by atoms with Crippen molar-refractivity contribution in [3.8, 4) is 0 Å². The summed E-state index contributed by atoms with van der Waals surface area (Å²) in [6.07, 6.45) is 0. The molecule has 30 heavy (non-hydrogen) atoms. The van der Waals surface area contributed by atoms with Gasteiger partial charge < -0.3 is 0 Å². The van der Waals surface area contributed by atoms with Crippen molar-refractivity contribution in [2.24, 2.45) is 0 Å². The van der Waals surface area contributed by atoms with Crippen LogP contribution >= 0.6 is 11.3 Å². The zero-order valence-corrected chi connectivity index (χ0v) is 18.8. The summed E-state index contributed by atoms with van der Waals surface area (Å²) in [7, 11) is -3.88. The van der Waals surface area contributed by atoms with Gasteiger partial charge in [0, 0.05) is 11.6 Å². The molecule has 0 aliphatic rings. The predicted molar refractivity (Wildman–Crippen MR) is 118 cm³/mol. The average molecular weight is 445 g/mol. The summed E-state index contributed by atoms with van der Waals surface area (Å²) < 4.78 is 27.8. The number of aromatic nitrogens is 2. The highest BCUT2D eigenvalue weighted by Gasteiger charge is 2.24. The van der Waals surface area contributed by atoms with Gasteiger partial charge in [0.25, 0.3) is 15.9 Å². The molecule has 158 valence electrons. The van der Waals surface area contributed by atoms with Crippen LogP contribution in [-0.4, -0.2) is 24.5 Å². The first-order valence-corrected chi connectivity index (χ1v) is 11.7. The number of nitrogens with zero attached hydrogens (tertiary/aromatic N) is 2. The summed E-state index contributed by atoms with van der Waals surface area (Å²) in [6, 6.07) is 16.0. The SMILES string of the molecule is C[C@H](NS(=O)(=O)c1nnc(NC(=O)c2ccccc2)s1)c1ccc(C(C)(C)C)cc1. The van der Waals surface area contributed by atoms with E-state index in [0.717, 1.165) is 16.9 Å². The van der Waals surface area contributed by atoms with Crippen molar-refractivity contribution < 1.29 is 13.2 Å². The second kappa shape index (κ2) is 8.63. The monoisotopic (exact) mass is 444 g/mol. The highest BCUT2D eigenvalue weighted by Crippen LogP contribution is 2.26. The van der Waals surface area contributed by atoms with E-state index in [1.807, 2.05) is 24.3 Å². The Morgan fingerprint density at radius 2 is 1.63 bits per heavy atom. The Kier molecular flexibility index (Phi) is 6.35. The van der Waals surface area contributed by atoms with Crippen LogP contribution in [0, 0.1) is 0 Å². The van der Waals surface area contributed by atoms with Crippen molar-refractivity contribution in [2.45, 2.75) is 43.5 Å². The largest absolute Gasteiger partial charge is 0.296 e. The molecule has 0 aliphatic heterocycles. The van der Waals surface area contributed by atoms with Gasteiger partial charge in [0.2, 0.25) is 9.47 Å². The van der Waals surface area contributed by atoms with Crippen LogP contribution in [0.3, 0.4) is 0 Å². The van der Waals surface area contributed by atoms with E-state index in [-0.39, 0.29) is 20.8 Å². The molecule has 0 saturated heterocycles. The fraction of sp³-hybridized carbons (Fsp3) is 0.286. The van der Waals surface area contributed by atoms with Gasteiger partial charge in [0.1, 0.15) is 0 Å². The smallest absolute Gasteiger partial charge is 0.270 e. The van der Waals surface area contributed by atoms with Gasteiger partial charge in [-0.1, -0.05) is 74.6 Å². The minimum absolute atomic E-state index is 0.0222. The van der Waals surface area contributed by atoms with E-state index in [0.29, 0.717) is 5.56 Å². The van der Waals surface area contributed by atoms with Crippen molar-refractivity contribution in [1.82, 2.24) is 14.9 Å². The molecule has 0 bridgehead atoms. The van der Waals surface area contributed by atoms with E-state index in [2.05, 4.69) is 41.0 Å². The van der Waals surface area contributed by atoms with E-state index in [1.165, 1.54) is 5.56 Å². The summed E-state index contributed by atoms with van der Waals surface area (Å²) in [5.74, 6) is -0.379.